The number of ether oxygens (including phenoxy) is 1. The fraction of sp³-hybridized carbons (Fsp3) is 0.417. The van der Waals surface area contributed by atoms with Gasteiger partial charge >= 0.3 is 0 Å². The fourth-order valence-corrected chi connectivity index (χ4v) is 1.57. The van der Waals surface area contributed by atoms with Crippen molar-refractivity contribution in [3.05, 3.63) is 28.5 Å². The second-order valence-corrected chi connectivity index (χ2v) is 4.78. The number of nitrogens with zero attached hydrogens (tertiary/aromatic N) is 2. The maximum atomic E-state index is 12.0. The molecule has 0 bridgehead atoms. The third kappa shape index (κ3) is 5.35. The molecule has 1 rings (SSSR count). The van der Waals surface area contributed by atoms with Gasteiger partial charge in [-0.25, -0.2) is 4.98 Å². The monoisotopic (exact) mass is 329 g/mol. The van der Waals surface area contributed by atoms with Crippen molar-refractivity contribution in [2.75, 3.05) is 33.9 Å². The molecule has 1 heterocycles. The van der Waals surface area contributed by atoms with E-state index in [9.17, 15) is 9.59 Å². The van der Waals surface area contributed by atoms with Crippen molar-refractivity contribution in [3.8, 4) is 0 Å². The van der Waals surface area contributed by atoms with E-state index in [0.29, 0.717) is 18.8 Å². The topological polar surface area (TPSA) is 71.5 Å². The molecule has 0 spiro atoms. The summed E-state index contributed by atoms with van der Waals surface area (Å²) in [6.07, 6.45) is 1.54. The van der Waals surface area contributed by atoms with Crippen LogP contribution in [0.25, 0.3) is 0 Å². The molecule has 0 saturated heterocycles. The van der Waals surface area contributed by atoms with Crippen LogP contribution in [0.15, 0.2) is 22.8 Å². The molecule has 1 aromatic heterocycles. The number of hydrogen-bond acceptors (Lipinski definition) is 4. The Balaban J connectivity index is 2.48. The van der Waals surface area contributed by atoms with Gasteiger partial charge in [0.2, 0.25) is 5.91 Å². The van der Waals surface area contributed by atoms with Crippen molar-refractivity contribution in [1.29, 1.82) is 0 Å². The highest BCUT2D eigenvalue weighted by molar-refractivity contribution is 9.10. The Morgan fingerprint density at radius 1 is 1.47 bits per heavy atom. The van der Waals surface area contributed by atoms with Crippen LogP contribution in [0, 0.1) is 0 Å². The van der Waals surface area contributed by atoms with Gasteiger partial charge < -0.3 is 15.0 Å². The Hall–Kier alpha value is -1.47. The molecule has 0 saturated carbocycles. The summed E-state index contributed by atoms with van der Waals surface area (Å²) in [5, 5.41) is 2.64. The molecule has 0 unspecified atom stereocenters. The van der Waals surface area contributed by atoms with E-state index in [0.717, 1.165) is 4.47 Å². The number of carbonyl (C=O) groups is 2. The highest BCUT2D eigenvalue weighted by Gasteiger charge is 2.15. The Morgan fingerprint density at radius 2 is 2.21 bits per heavy atom. The highest BCUT2D eigenvalue weighted by atomic mass is 79.9. The van der Waals surface area contributed by atoms with Gasteiger partial charge in [-0.3, -0.25) is 9.59 Å². The predicted molar refractivity (Wildman–Crippen MR) is 73.8 cm³/mol. The number of rotatable bonds is 6. The van der Waals surface area contributed by atoms with Gasteiger partial charge in [0, 0.05) is 31.4 Å². The van der Waals surface area contributed by atoms with Crippen molar-refractivity contribution in [2.45, 2.75) is 0 Å². The Morgan fingerprint density at radius 3 is 2.79 bits per heavy atom. The summed E-state index contributed by atoms with van der Waals surface area (Å²) in [7, 11) is 3.11. The summed E-state index contributed by atoms with van der Waals surface area (Å²) in [4.78, 5) is 28.8. The number of halogens is 1. The molecule has 6 nitrogen and oxygen atoms in total. The summed E-state index contributed by atoms with van der Waals surface area (Å²) in [5.41, 5.74) is 0.301. The first-order chi connectivity index (χ1) is 9.04. The highest BCUT2D eigenvalue weighted by Crippen LogP contribution is 2.08. The number of aromatic nitrogens is 1. The van der Waals surface area contributed by atoms with E-state index in [4.69, 9.17) is 4.74 Å². The van der Waals surface area contributed by atoms with Crippen LogP contribution in [-0.2, 0) is 9.53 Å². The average molecular weight is 330 g/mol. The largest absolute Gasteiger partial charge is 0.383 e. The zero-order chi connectivity index (χ0) is 14.3. The second-order valence-electron chi connectivity index (χ2n) is 3.87. The molecule has 104 valence electrons. The molecule has 0 atom stereocenters. The minimum atomic E-state index is -0.297. The van der Waals surface area contributed by atoms with Gasteiger partial charge in [0.25, 0.3) is 5.91 Å². The van der Waals surface area contributed by atoms with Crippen molar-refractivity contribution in [1.82, 2.24) is 15.2 Å². The van der Waals surface area contributed by atoms with Crippen LogP contribution in [0.1, 0.15) is 10.5 Å². The molecule has 1 N–H and O–H groups in total. The Kier molecular flexibility index (Phi) is 6.44. The summed E-state index contributed by atoms with van der Waals surface area (Å²) in [6.45, 7) is 0.853. The van der Waals surface area contributed by atoms with Crippen molar-refractivity contribution in [3.63, 3.8) is 0 Å². The van der Waals surface area contributed by atoms with Crippen molar-refractivity contribution >= 4 is 27.7 Å². The van der Waals surface area contributed by atoms with E-state index in [1.165, 1.54) is 4.90 Å². The molecule has 7 heteroatoms. The number of methoxy groups -OCH3 is 1. The zero-order valence-corrected chi connectivity index (χ0v) is 12.4. The molecule has 0 fully saturated rings. The van der Waals surface area contributed by atoms with Crippen LogP contribution < -0.4 is 5.32 Å². The maximum Gasteiger partial charge on any atom is 0.272 e. The lowest BCUT2D eigenvalue weighted by molar-refractivity contribution is -0.121. The molecular formula is C12H16BrN3O3. The predicted octanol–water partition coefficient (Wildman–Crippen LogP) is 0.679. The van der Waals surface area contributed by atoms with Crippen LogP contribution >= 0.6 is 15.9 Å². The lowest BCUT2D eigenvalue weighted by Gasteiger charge is -2.16. The van der Waals surface area contributed by atoms with Gasteiger partial charge in [-0.2, -0.15) is 0 Å². The lowest BCUT2D eigenvalue weighted by Crippen LogP contribution is -2.39. The standard InChI is InChI=1S/C12H16BrN3O3/c1-16(8-11(17)14-5-6-19-2)12(18)10-4-3-9(13)7-15-10/h3-4,7H,5-6,8H2,1-2H3,(H,14,17). The molecule has 2 amide bonds. The van der Waals surface area contributed by atoms with Crippen LogP contribution in [0.5, 0.6) is 0 Å². The minimum Gasteiger partial charge on any atom is -0.383 e. The number of likely N-dealkylation sites (N-methyl/N-ethyl adjacent to an activating group) is 1. The van der Waals surface area contributed by atoms with Crippen LogP contribution in [0.2, 0.25) is 0 Å². The Labute approximate surface area is 120 Å². The smallest absolute Gasteiger partial charge is 0.272 e. The van der Waals surface area contributed by atoms with Crippen LogP contribution in [0.3, 0.4) is 0 Å². The number of pyridine rings is 1. The number of nitrogens with one attached hydrogen (secondary N) is 1. The molecule has 0 aliphatic carbocycles. The zero-order valence-electron chi connectivity index (χ0n) is 10.9. The molecule has 1 aromatic rings. The molecular weight excluding hydrogens is 314 g/mol. The number of amides is 2. The summed E-state index contributed by atoms with van der Waals surface area (Å²) in [5.74, 6) is -0.528. The molecule has 0 radical (unpaired) electrons. The van der Waals surface area contributed by atoms with Gasteiger partial charge in [0.1, 0.15) is 5.69 Å². The average Bonchev–Trinajstić information content (AvgIpc) is 2.39. The van der Waals surface area contributed by atoms with Crippen LogP contribution in [-0.4, -0.2) is 55.6 Å². The maximum absolute atomic E-state index is 12.0. The summed E-state index contributed by atoms with van der Waals surface area (Å²) >= 11 is 3.24. The van der Waals surface area contributed by atoms with Gasteiger partial charge in [0.05, 0.1) is 13.2 Å². The van der Waals surface area contributed by atoms with E-state index >= 15 is 0 Å². The van der Waals surface area contributed by atoms with Crippen molar-refractivity contribution < 1.29 is 14.3 Å². The molecule has 0 aliphatic heterocycles. The first-order valence-corrected chi connectivity index (χ1v) is 6.46. The number of hydrogen-bond donors (Lipinski definition) is 1. The first kappa shape index (κ1) is 15.6. The SMILES string of the molecule is COCCNC(=O)CN(C)C(=O)c1ccc(Br)cn1. The molecule has 19 heavy (non-hydrogen) atoms. The third-order valence-electron chi connectivity index (χ3n) is 2.30. The molecule has 0 aliphatic rings. The first-order valence-electron chi connectivity index (χ1n) is 5.67. The van der Waals surface area contributed by atoms with Gasteiger partial charge in [-0.15, -0.1) is 0 Å². The van der Waals surface area contributed by atoms with E-state index in [-0.39, 0.29) is 18.4 Å². The van der Waals surface area contributed by atoms with E-state index in [1.54, 1.807) is 32.5 Å². The minimum absolute atomic E-state index is 0.0136. The van der Waals surface area contributed by atoms with Gasteiger partial charge in [0.15, 0.2) is 0 Å². The summed E-state index contributed by atoms with van der Waals surface area (Å²) < 4.78 is 5.61. The van der Waals surface area contributed by atoms with Gasteiger partial charge in [-0.05, 0) is 28.1 Å². The number of carbonyl (C=O) groups excluding carboxylic acids is 2. The van der Waals surface area contributed by atoms with Gasteiger partial charge in [-0.1, -0.05) is 0 Å². The quantitative estimate of drug-likeness (QED) is 0.779. The summed E-state index contributed by atoms with van der Waals surface area (Å²) in [6, 6.07) is 3.33. The Bertz CT molecular complexity index is 436. The van der Waals surface area contributed by atoms with Crippen LogP contribution in [0.4, 0.5) is 0 Å². The van der Waals surface area contributed by atoms with Crippen molar-refractivity contribution in [2.24, 2.45) is 0 Å². The van der Waals surface area contributed by atoms with E-state index in [2.05, 4.69) is 26.2 Å². The second kappa shape index (κ2) is 7.85. The molecule has 0 aromatic carbocycles. The lowest BCUT2D eigenvalue weighted by atomic mass is 10.3. The third-order valence-corrected chi connectivity index (χ3v) is 2.77. The normalized spacial score (nSPS) is 10.1. The van der Waals surface area contributed by atoms with E-state index < -0.39 is 0 Å². The fourth-order valence-electron chi connectivity index (χ4n) is 1.33. The van der Waals surface area contributed by atoms with E-state index in [1.807, 2.05) is 0 Å².